The molecule has 0 saturated carbocycles. The minimum absolute atomic E-state index is 0.188. The van der Waals surface area contributed by atoms with E-state index in [1.807, 2.05) is 5.32 Å². The highest BCUT2D eigenvalue weighted by molar-refractivity contribution is 6.12. The van der Waals surface area contributed by atoms with Gasteiger partial charge in [-0.25, -0.2) is 9.18 Å². The number of carbonyl (C=O) groups excluding carboxylic acids is 2. The number of benzene rings is 1. The Morgan fingerprint density at radius 1 is 1.22 bits per heavy atom. The molecule has 1 aliphatic rings. The van der Waals surface area contributed by atoms with Crippen LogP contribution in [0.25, 0.3) is 0 Å². The summed E-state index contributed by atoms with van der Waals surface area (Å²) in [4.78, 5) is 23.0. The minimum atomic E-state index is -4.86. The van der Waals surface area contributed by atoms with Crippen molar-refractivity contribution in [3.63, 3.8) is 0 Å². The van der Waals surface area contributed by atoms with E-state index in [-0.39, 0.29) is 12.2 Å². The molecule has 18 heavy (non-hydrogen) atoms. The molecule has 4 nitrogen and oxygen atoms in total. The Labute approximate surface area is 98.2 Å². The maximum atomic E-state index is 13.0. The summed E-state index contributed by atoms with van der Waals surface area (Å²) < 4.78 is 50.4. The fourth-order valence-electron chi connectivity index (χ4n) is 1.55. The van der Waals surface area contributed by atoms with E-state index in [9.17, 15) is 27.2 Å². The SMILES string of the molecule is O=C1CN(c2ccc(F)c(C(F)(F)F)c2)C(=O)N1. The second kappa shape index (κ2) is 3.97. The van der Waals surface area contributed by atoms with Crippen LogP contribution in [0, 0.1) is 5.82 Å². The Kier molecular flexibility index (Phi) is 2.72. The molecule has 1 heterocycles. The molecule has 0 bridgehead atoms. The number of carbonyl (C=O) groups is 2. The second-order valence-electron chi connectivity index (χ2n) is 3.60. The van der Waals surface area contributed by atoms with Gasteiger partial charge < -0.3 is 0 Å². The van der Waals surface area contributed by atoms with Crippen LogP contribution in [0.2, 0.25) is 0 Å². The van der Waals surface area contributed by atoms with Gasteiger partial charge in [0.1, 0.15) is 12.4 Å². The number of nitrogens with zero attached hydrogens (tertiary/aromatic N) is 1. The summed E-state index contributed by atoms with van der Waals surface area (Å²) in [6, 6.07) is 1.27. The molecule has 1 aliphatic heterocycles. The second-order valence-corrected chi connectivity index (χ2v) is 3.60. The Balaban J connectivity index is 2.42. The van der Waals surface area contributed by atoms with Crippen molar-refractivity contribution in [2.75, 3.05) is 11.4 Å². The number of urea groups is 1. The molecule has 3 amide bonds. The number of anilines is 1. The topological polar surface area (TPSA) is 49.4 Å². The number of amides is 3. The minimum Gasteiger partial charge on any atom is -0.285 e. The Bertz CT molecular complexity index is 527. The average molecular weight is 262 g/mol. The van der Waals surface area contributed by atoms with Crippen molar-refractivity contribution in [2.24, 2.45) is 0 Å². The van der Waals surface area contributed by atoms with Crippen LogP contribution in [0.15, 0.2) is 18.2 Å². The lowest BCUT2D eigenvalue weighted by atomic mass is 10.1. The van der Waals surface area contributed by atoms with Crippen molar-refractivity contribution in [3.05, 3.63) is 29.6 Å². The lowest BCUT2D eigenvalue weighted by Crippen LogP contribution is -2.28. The van der Waals surface area contributed by atoms with Crippen molar-refractivity contribution >= 4 is 17.6 Å². The molecule has 0 radical (unpaired) electrons. The molecule has 1 saturated heterocycles. The van der Waals surface area contributed by atoms with Crippen molar-refractivity contribution < 1.29 is 27.2 Å². The van der Waals surface area contributed by atoms with Gasteiger partial charge >= 0.3 is 12.2 Å². The number of halogens is 4. The highest BCUT2D eigenvalue weighted by Crippen LogP contribution is 2.34. The summed E-state index contributed by atoms with van der Waals surface area (Å²) >= 11 is 0. The van der Waals surface area contributed by atoms with Crippen LogP contribution in [0.3, 0.4) is 0 Å². The summed E-state index contributed by atoms with van der Waals surface area (Å²) in [6.45, 7) is -0.387. The van der Waals surface area contributed by atoms with Crippen LogP contribution in [0.1, 0.15) is 5.56 Å². The third-order valence-corrected chi connectivity index (χ3v) is 2.36. The van der Waals surface area contributed by atoms with Gasteiger partial charge in [0.15, 0.2) is 0 Å². The third kappa shape index (κ3) is 2.13. The van der Waals surface area contributed by atoms with E-state index in [2.05, 4.69) is 0 Å². The number of alkyl halides is 3. The van der Waals surface area contributed by atoms with Gasteiger partial charge in [0, 0.05) is 5.69 Å². The molecule has 1 aromatic carbocycles. The molecule has 0 atom stereocenters. The molecule has 0 aromatic heterocycles. The lowest BCUT2D eigenvalue weighted by molar-refractivity contribution is -0.139. The van der Waals surface area contributed by atoms with Crippen LogP contribution < -0.4 is 10.2 Å². The standard InChI is InChI=1S/C10H6F4N2O2/c11-7-2-1-5(3-6(7)10(12,13)14)16-4-8(17)15-9(16)18/h1-3H,4H2,(H,15,17,18). The van der Waals surface area contributed by atoms with E-state index in [0.29, 0.717) is 12.1 Å². The van der Waals surface area contributed by atoms with Crippen LogP contribution in [0.4, 0.5) is 28.0 Å². The van der Waals surface area contributed by atoms with Gasteiger partial charge in [-0.2, -0.15) is 13.2 Å². The fraction of sp³-hybridized carbons (Fsp3) is 0.200. The highest BCUT2D eigenvalue weighted by atomic mass is 19.4. The lowest BCUT2D eigenvalue weighted by Gasteiger charge is -2.16. The molecule has 96 valence electrons. The molecule has 8 heteroatoms. The smallest absolute Gasteiger partial charge is 0.285 e. The number of hydrogen-bond acceptors (Lipinski definition) is 2. The van der Waals surface area contributed by atoms with Crippen molar-refractivity contribution in [2.45, 2.75) is 6.18 Å². The number of imide groups is 1. The van der Waals surface area contributed by atoms with E-state index >= 15 is 0 Å². The first-order valence-electron chi connectivity index (χ1n) is 4.77. The number of rotatable bonds is 1. The largest absolute Gasteiger partial charge is 0.419 e. The van der Waals surface area contributed by atoms with Gasteiger partial charge in [-0.3, -0.25) is 15.0 Å². The maximum Gasteiger partial charge on any atom is 0.419 e. The monoisotopic (exact) mass is 262 g/mol. The molecular formula is C10H6F4N2O2. The normalized spacial score (nSPS) is 16.1. The highest BCUT2D eigenvalue weighted by Gasteiger charge is 2.36. The summed E-state index contributed by atoms with van der Waals surface area (Å²) in [5, 5.41) is 1.91. The summed E-state index contributed by atoms with van der Waals surface area (Å²) in [5.74, 6) is -2.06. The number of hydrogen-bond donors (Lipinski definition) is 1. The molecular weight excluding hydrogens is 256 g/mol. The van der Waals surface area contributed by atoms with E-state index in [1.165, 1.54) is 0 Å². The molecule has 0 unspecified atom stereocenters. The zero-order valence-electron chi connectivity index (χ0n) is 8.71. The molecule has 0 aliphatic carbocycles. The maximum absolute atomic E-state index is 13.0. The van der Waals surface area contributed by atoms with Crippen LogP contribution >= 0.6 is 0 Å². The van der Waals surface area contributed by atoms with E-state index in [0.717, 1.165) is 11.0 Å². The van der Waals surface area contributed by atoms with Crippen LogP contribution in [0.5, 0.6) is 0 Å². The Morgan fingerprint density at radius 2 is 1.89 bits per heavy atom. The molecule has 1 fully saturated rings. The predicted molar refractivity (Wildman–Crippen MR) is 52.3 cm³/mol. The Hall–Kier alpha value is -2.12. The molecule has 2 rings (SSSR count). The van der Waals surface area contributed by atoms with Gasteiger partial charge in [0.05, 0.1) is 5.56 Å². The molecule has 1 aromatic rings. The molecule has 1 N–H and O–H groups in total. The van der Waals surface area contributed by atoms with Crippen molar-refractivity contribution in [1.29, 1.82) is 0 Å². The predicted octanol–water partition coefficient (Wildman–Crippen LogP) is 1.90. The molecule has 0 spiro atoms. The van der Waals surface area contributed by atoms with E-state index in [4.69, 9.17) is 0 Å². The van der Waals surface area contributed by atoms with Gasteiger partial charge in [0.2, 0.25) is 5.91 Å². The van der Waals surface area contributed by atoms with Crippen molar-refractivity contribution in [3.8, 4) is 0 Å². The first-order chi connectivity index (χ1) is 8.29. The average Bonchev–Trinajstić information content (AvgIpc) is 2.57. The summed E-state index contributed by atoms with van der Waals surface area (Å²) in [7, 11) is 0. The van der Waals surface area contributed by atoms with Gasteiger partial charge in [0.25, 0.3) is 0 Å². The van der Waals surface area contributed by atoms with Gasteiger partial charge in [-0.1, -0.05) is 0 Å². The fourth-order valence-corrected chi connectivity index (χ4v) is 1.55. The van der Waals surface area contributed by atoms with E-state index < -0.39 is 29.5 Å². The van der Waals surface area contributed by atoms with Gasteiger partial charge in [-0.05, 0) is 18.2 Å². The van der Waals surface area contributed by atoms with E-state index in [1.54, 1.807) is 0 Å². The van der Waals surface area contributed by atoms with Crippen molar-refractivity contribution in [1.82, 2.24) is 5.32 Å². The zero-order valence-corrected chi connectivity index (χ0v) is 8.71. The quantitative estimate of drug-likeness (QED) is 0.620. The summed E-state index contributed by atoms with van der Waals surface area (Å²) in [5.41, 5.74) is -1.67. The third-order valence-electron chi connectivity index (χ3n) is 2.36. The van der Waals surface area contributed by atoms with Gasteiger partial charge in [-0.15, -0.1) is 0 Å². The zero-order chi connectivity index (χ0) is 13.5. The summed E-state index contributed by atoms with van der Waals surface area (Å²) in [6.07, 6.45) is -4.86. The van der Waals surface area contributed by atoms with Crippen LogP contribution in [-0.4, -0.2) is 18.5 Å². The number of nitrogens with one attached hydrogen (secondary N) is 1. The van der Waals surface area contributed by atoms with Crippen LogP contribution in [-0.2, 0) is 11.0 Å². The first-order valence-corrected chi connectivity index (χ1v) is 4.77. The first kappa shape index (κ1) is 12.3. The Morgan fingerprint density at radius 3 is 2.39 bits per heavy atom.